The third kappa shape index (κ3) is 1.84. The Bertz CT molecular complexity index is 790. The molecule has 104 valence electrons. The second kappa shape index (κ2) is 4.49. The lowest BCUT2D eigenvalue weighted by molar-refractivity contribution is 0.625. The summed E-state index contributed by atoms with van der Waals surface area (Å²) >= 11 is 5.70. The molecule has 7 heteroatoms. The van der Waals surface area contributed by atoms with Gasteiger partial charge in [-0.25, -0.2) is 9.07 Å². The van der Waals surface area contributed by atoms with Gasteiger partial charge in [0.05, 0.1) is 21.8 Å². The van der Waals surface area contributed by atoms with Crippen molar-refractivity contribution in [3.8, 4) is 5.69 Å². The van der Waals surface area contributed by atoms with Crippen LogP contribution in [-0.4, -0.2) is 20.0 Å². The number of hydrogen-bond acceptors (Lipinski definition) is 3. The maximum absolute atomic E-state index is 13.6. The molecule has 0 aliphatic carbocycles. The van der Waals surface area contributed by atoms with Crippen molar-refractivity contribution in [3.63, 3.8) is 0 Å². The van der Waals surface area contributed by atoms with E-state index < -0.39 is 5.82 Å². The van der Waals surface area contributed by atoms with Crippen LogP contribution >= 0.6 is 11.6 Å². The quantitative estimate of drug-likeness (QED) is 0.762. The number of hydrogen-bond donors (Lipinski definition) is 2. The highest BCUT2D eigenvalue weighted by Crippen LogP contribution is 2.30. The van der Waals surface area contributed by atoms with Crippen molar-refractivity contribution in [2.45, 2.75) is 19.8 Å². The standard InChI is InChI=1S/C13H13ClFN5/c1-6(2)11-10-12(16)17-18-13(10)20(19-11)7-3-4-8(14)9(15)5-7/h3-6H,1-2H3,(H3,16,17,18). The number of aromatic nitrogens is 4. The Hall–Kier alpha value is -2.08. The number of nitrogen functional groups attached to an aromatic ring is 1. The first-order valence-corrected chi connectivity index (χ1v) is 6.54. The molecule has 5 nitrogen and oxygen atoms in total. The molecule has 3 rings (SSSR count). The van der Waals surface area contributed by atoms with Gasteiger partial charge >= 0.3 is 0 Å². The van der Waals surface area contributed by atoms with Crippen molar-refractivity contribution in [2.75, 3.05) is 5.73 Å². The van der Waals surface area contributed by atoms with Gasteiger partial charge in [0.1, 0.15) is 11.6 Å². The van der Waals surface area contributed by atoms with E-state index in [0.717, 1.165) is 11.1 Å². The van der Waals surface area contributed by atoms with Gasteiger partial charge in [-0.3, -0.25) is 5.10 Å². The molecule has 0 bridgehead atoms. The number of rotatable bonds is 2. The van der Waals surface area contributed by atoms with Gasteiger partial charge in [-0.2, -0.15) is 10.2 Å². The second-order valence-electron chi connectivity index (χ2n) is 4.89. The molecule has 3 aromatic rings. The van der Waals surface area contributed by atoms with Gasteiger partial charge in [0.25, 0.3) is 0 Å². The van der Waals surface area contributed by atoms with Crippen LogP contribution in [0.25, 0.3) is 16.7 Å². The summed E-state index contributed by atoms with van der Waals surface area (Å²) in [4.78, 5) is 0. The van der Waals surface area contributed by atoms with Gasteiger partial charge < -0.3 is 5.73 Å². The van der Waals surface area contributed by atoms with E-state index in [0.29, 0.717) is 17.2 Å². The lowest BCUT2D eigenvalue weighted by Gasteiger charge is -2.03. The first-order valence-electron chi connectivity index (χ1n) is 6.17. The molecule has 0 spiro atoms. The van der Waals surface area contributed by atoms with Crippen molar-refractivity contribution in [2.24, 2.45) is 0 Å². The van der Waals surface area contributed by atoms with Crippen LogP contribution in [0.3, 0.4) is 0 Å². The molecule has 0 radical (unpaired) electrons. The van der Waals surface area contributed by atoms with Gasteiger partial charge in [-0.15, -0.1) is 0 Å². The van der Waals surface area contributed by atoms with E-state index >= 15 is 0 Å². The summed E-state index contributed by atoms with van der Waals surface area (Å²) in [5.74, 6) is 0.141. The maximum atomic E-state index is 13.6. The van der Waals surface area contributed by atoms with Crippen LogP contribution in [0, 0.1) is 5.82 Å². The van der Waals surface area contributed by atoms with E-state index in [4.69, 9.17) is 17.3 Å². The average molecular weight is 294 g/mol. The van der Waals surface area contributed by atoms with E-state index in [1.54, 1.807) is 10.7 Å². The fourth-order valence-corrected chi connectivity index (χ4v) is 2.27. The van der Waals surface area contributed by atoms with Crippen LogP contribution in [-0.2, 0) is 0 Å². The molecular weight excluding hydrogens is 281 g/mol. The Morgan fingerprint density at radius 2 is 2.15 bits per heavy atom. The predicted octanol–water partition coefficient (Wildman–Crippen LogP) is 3.25. The molecule has 3 N–H and O–H groups in total. The lowest BCUT2D eigenvalue weighted by atomic mass is 10.1. The number of H-pyrrole nitrogens is 1. The molecule has 20 heavy (non-hydrogen) atoms. The first kappa shape index (κ1) is 12.9. The zero-order valence-corrected chi connectivity index (χ0v) is 11.7. The van der Waals surface area contributed by atoms with Gasteiger partial charge in [0.2, 0.25) is 0 Å². The Morgan fingerprint density at radius 3 is 2.80 bits per heavy atom. The molecule has 0 atom stereocenters. The van der Waals surface area contributed by atoms with Crippen molar-refractivity contribution >= 4 is 28.5 Å². The fraction of sp³-hybridized carbons (Fsp3) is 0.231. The van der Waals surface area contributed by atoms with Crippen molar-refractivity contribution in [3.05, 3.63) is 34.7 Å². The summed E-state index contributed by atoms with van der Waals surface area (Å²) < 4.78 is 15.2. The monoisotopic (exact) mass is 293 g/mol. The van der Waals surface area contributed by atoms with Crippen molar-refractivity contribution < 1.29 is 4.39 Å². The molecule has 0 saturated heterocycles. The van der Waals surface area contributed by atoms with E-state index in [9.17, 15) is 4.39 Å². The molecule has 0 aliphatic rings. The van der Waals surface area contributed by atoms with Crippen LogP contribution in [0.15, 0.2) is 18.2 Å². The molecule has 0 amide bonds. The largest absolute Gasteiger partial charge is 0.383 e. The minimum atomic E-state index is -0.498. The second-order valence-corrected chi connectivity index (χ2v) is 5.29. The summed E-state index contributed by atoms with van der Waals surface area (Å²) in [6, 6.07) is 4.50. The number of nitrogens with zero attached hydrogens (tertiary/aromatic N) is 3. The first-order chi connectivity index (χ1) is 9.49. The minimum absolute atomic E-state index is 0.0720. The van der Waals surface area contributed by atoms with Gasteiger partial charge in [0.15, 0.2) is 5.65 Å². The molecule has 0 unspecified atom stereocenters. The Morgan fingerprint density at radius 1 is 1.40 bits per heavy atom. The minimum Gasteiger partial charge on any atom is -0.383 e. The van der Waals surface area contributed by atoms with E-state index in [-0.39, 0.29) is 10.9 Å². The van der Waals surface area contributed by atoms with Crippen LogP contribution in [0.4, 0.5) is 10.2 Å². The zero-order valence-electron chi connectivity index (χ0n) is 11.0. The highest BCUT2D eigenvalue weighted by Gasteiger charge is 2.20. The summed E-state index contributed by atoms with van der Waals surface area (Å²) in [5, 5.41) is 12.2. The normalized spacial score (nSPS) is 11.7. The number of fused-ring (bicyclic) bond motifs is 1. The van der Waals surface area contributed by atoms with E-state index in [1.807, 2.05) is 13.8 Å². The number of benzene rings is 1. The Labute approximate surface area is 119 Å². The predicted molar refractivity (Wildman–Crippen MR) is 76.7 cm³/mol. The van der Waals surface area contributed by atoms with Crippen molar-refractivity contribution in [1.82, 2.24) is 20.0 Å². The fourth-order valence-electron chi connectivity index (χ4n) is 2.16. The third-order valence-electron chi connectivity index (χ3n) is 3.13. The topological polar surface area (TPSA) is 72.5 Å². The number of halogens is 2. The molecule has 0 aliphatic heterocycles. The summed E-state index contributed by atoms with van der Waals surface area (Å²) in [6.45, 7) is 4.03. The molecule has 0 fully saturated rings. The molecular formula is C13H13ClFN5. The van der Waals surface area contributed by atoms with Gasteiger partial charge in [-0.05, 0) is 18.1 Å². The zero-order chi connectivity index (χ0) is 14.4. The molecule has 2 aromatic heterocycles. The van der Waals surface area contributed by atoms with Crippen LogP contribution in [0.1, 0.15) is 25.5 Å². The molecule has 2 heterocycles. The smallest absolute Gasteiger partial charge is 0.186 e. The number of nitrogens with one attached hydrogen (secondary N) is 1. The average Bonchev–Trinajstić information content (AvgIpc) is 2.94. The van der Waals surface area contributed by atoms with E-state index in [2.05, 4.69) is 15.3 Å². The highest BCUT2D eigenvalue weighted by atomic mass is 35.5. The summed E-state index contributed by atoms with van der Waals surface area (Å²) in [6.07, 6.45) is 0. The van der Waals surface area contributed by atoms with Crippen LogP contribution in [0.2, 0.25) is 5.02 Å². The summed E-state index contributed by atoms with van der Waals surface area (Å²) in [5.41, 5.74) is 7.84. The number of anilines is 1. The van der Waals surface area contributed by atoms with Gasteiger partial charge in [-0.1, -0.05) is 25.4 Å². The van der Waals surface area contributed by atoms with Crippen LogP contribution in [0.5, 0.6) is 0 Å². The Balaban J connectivity index is 2.28. The number of aromatic amines is 1. The van der Waals surface area contributed by atoms with Crippen molar-refractivity contribution in [1.29, 1.82) is 0 Å². The van der Waals surface area contributed by atoms with E-state index in [1.165, 1.54) is 12.1 Å². The highest BCUT2D eigenvalue weighted by molar-refractivity contribution is 6.30. The van der Waals surface area contributed by atoms with Crippen LogP contribution < -0.4 is 5.73 Å². The number of nitrogens with two attached hydrogens (primary N) is 1. The molecule has 0 saturated carbocycles. The third-order valence-corrected chi connectivity index (χ3v) is 3.44. The SMILES string of the molecule is CC(C)c1nn(-c2ccc(Cl)c(F)c2)c2n[nH]c(N)c12. The lowest BCUT2D eigenvalue weighted by Crippen LogP contribution is -2.00. The Kier molecular flexibility index (Phi) is 2.90. The summed E-state index contributed by atoms with van der Waals surface area (Å²) in [7, 11) is 0. The maximum Gasteiger partial charge on any atom is 0.186 e. The molecule has 1 aromatic carbocycles. The van der Waals surface area contributed by atoms with Gasteiger partial charge in [0, 0.05) is 6.07 Å².